The Morgan fingerprint density at radius 1 is 1.19 bits per heavy atom. The molecule has 0 aliphatic heterocycles. The second-order valence-corrected chi connectivity index (χ2v) is 7.69. The second-order valence-electron chi connectivity index (χ2n) is 5.75. The van der Waals surface area contributed by atoms with Crippen LogP contribution in [0.3, 0.4) is 0 Å². The molecular formula is C17H21N3O6S. The first-order valence-corrected chi connectivity index (χ1v) is 9.79. The molecule has 2 rings (SSSR count). The van der Waals surface area contributed by atoms with Crippen molar-refractivity contribution in [1.29, 1.82) is 0 Å². The maximum absolute atomic E-state index is 12.5. The van der Waals surface area contributed by atoms with Crippen LogP contribution in [0.2, 0.25) is 0 Å². The van der Waals surface area contributed by atoms with Crippen LogP contribution in [0.1, 0.15) is 42.9 Å². The summed E-state index contributed by atoms with van der Waals surface area (Å²) in [5, 5.41) is 13.3. The van der Waals surface area contributed by atoms with Gasteiger partial charge in [-0.05, 0) is 30.7 Å². The van der Waals surface area contributed by atoms with Gasteiger partial charge >= 0.3 is 5.88 Å². The lowest BCUT2D eigenvalue weighted by molar-refractivity contribution is -0.402. The van der Waals surface area contributed by atoms with E-state index in [4.69, 9.17) is 4.42 Å². The predicted molar refractivity (Wildman–Crippen MR) is 97.8 cm³/mol. The molecule has 10 heteroatoms. The van der Waals surface area contributed by atoms with Crippen molar-refractivity contribution < 1.29 is 22.6 Å². The summed E-state index contributed by atoms with van der Waals surface area (Å²) >= 11 is 0. The molecule has 0 fully saturated rings. The summed E-state index contributed by atoms with van der Waals surface area (Å²) in [5.74, 6) is -1.29. The lowest BCUT2D eigenvalue weighted by Gasteiger charge is -2.19. The van der Waals surface area contributed by atoms with Gasteiger partial charge in [0.1, 0.15) is 4.92 Å². The summed E-state index contributed by atoms with van der Waals surface area (Å²) in [6.07, 6.45) is 0. The SMILES string of the molecule is CCN(CC)S(=O)(=O)c1ccc(C(C)NC(=O)c2ccc([N+](=O)[O-])o2)cc1. The minimum atomic E-state index is -3.55. The molecule has 2 aromatic rings. The number of nitro groups is 1. The molecule has 146 valence electrons. The van der Waals surface area contributed by atoms with Crippen LogP contribution in [-0.4, -0.2) is 36.6 Å². The molecule has 0 spiro atoms. The van der Waals surface area contributed by atoms with Gasteiger partial charge in [0.2, 0.25) is 10.0 Å². The van der Waals surface area contributed by atoms with Crippen LogP contribution in [-0.2, 0) is 10.0 Å². The number of carbonyl (C=O) groups excluding carboxylic acids is 1. The van der Waals surface area contributed by atoms with Gasteiger partial charge in [-0.15, -0.1) is 0 Å². The van der Waals surface area contributed by atoms with Gasteiger partial charge in [-0.2, -0.15) is 4.31 Å². The minimum Gasteiger partial charge on any atom is -0.395 e. The second kappa shape index (κ2) is 8.31. The molecule has 9 nitrogen and oxygen atoms in total. The Kier molecular flexibility index (Phi) is 6.34. The van der Waals surface area contributed by atoms with Gasteiger partial charge in [-0.25, -0.2) is 8.42 Å². The van der Waals surface area contributed by atoms with Crippen LogP contribution in [0, 0.1) is 10.1 Å². The van der Waals surface area contributed by atoms with E-state index in [-0.39, 0.29) is 10.7 Å². The average molecular weight is 395 g/mol. The molecular weight excluding hydrogens is 374 g/mol. The zero-order chi connectivity index (χ0) is 20.2. The number of rotatable bonds is 8. The first-order valence-electron chi connectivity index (χ1n) is 8.35. The Hall–Kier alpha value is -2.72. The third kappa shape index (κ3) is 4.52. The van der Waals surface area contributed by atoms with Crippen LogP contribution >= 0.6 is 0 Å². The van der Waals surface area contributed by atoms with E-state index in [0.717, 1.165) is 6.07 Å². The van der Waals surface area contributed by atoms with Crippen molar-refractivity contribution >= 4 is 21.8 Å². The van der Waals surface area contributed by atoms with Gasteiger partial charge in [-0.1, -0.05) is 26.0 Å². The summed E-state index contributed by atoms with van der Waals surface area (Å²) in [4.78, 5) is 22.2. The molecule has 27 heavy (non-hydrogen) atoms. The lowest BCUT2D eigenvalue weighted by Crippen LogP contribution is -2.30. The Morgan fingerprint density at radius 3 is 2.26 bits per heavy atom. The smallest absolute Gasteiger partial charge is 0.395 e. The van der Waals surface area contributed by atoms with Crippen molar-refractivity contribution in [2.75, 3.05) is 13.1 Å². The first kappa shape index (κ1) is 20.6. The average Bonchev–Trinajstić information content (AvgIpc) is 3.13. The summed E-state index contributed by atoms with van der Waals surface area (Å²) < 4.78 is 31.2. The molecule has 1 aromatic carbocycles. The number of amides is 1. The predicted octanol–water partition coefficient (Wildman–Crippen LogP) is 2.71. The Labute approximate surface area is 157 Å². The minimum absolute atomic E-state index is 0.172. The topological polar surface area (TPSA) is 123 Å². The lowest BCUT2D eigenvalue weighted by atomic mass is 10.1. The highest BCUT2D eigenvalue weighted by Gasteiger charge is 2.22. The maximum atomic E-state index is 12.5. The Bertz CT molecular complexity index is 916. The fourth-order valence-corrected chi connectivity index (χ4v) is 4.00. The molecule has 1 heterocycles. The first-order chi connectivity index (χ1) is 12.7. The fraction of sp³-hybridized carbons (Fsp3) is 0.353. The normalized spacial score (nSPS) is 12.7. The quantitative estimate of drug-likeness (QED) is 0.541. The number of carbonyl (C=O) groups is 1. The maximum Gasteiger partial charge on any atom is 0.433 e. The fourth-order valence-electron chi connectivity index (χ4n) is 2.54. The van der Waals surface area contributed by atoms with Crippen LogP contribution in [0.15, 0.2) is 45.7 Å². The van der Waals surface area contributed by atoms with E-state index in [1.807, 2.05) is 0 Å². The van der Waals surface area contributed by atoms with Crippen molar-refractivity contribution in [3.8, 4) is 0 Å². The van der Waals surface area contributed by atoms with Crippen LogP contribution in [0.4, 0.5) is 5.88 Å². The Balaban J connectivity index is 2.12. The van der Waals surface area contributed by atoms with Crippen LogP contribution < -0.4 is 5.32 Å². The highest BCUT2D eigenvalue weighted by molar-refractivity contribution is 7.89. The van der Waals surface area contributed by atoms with Gasteiger partial charge in [0.25, 0.3) is 5.91 Å². The van der Waals surface area contributed by atoms with E-state index in [1.54, 1.807) is 32.9 Å². The summed E-state index contributed by atoms with van der Waals surface area (Å²) in [7, 11) is -3.55. The van der Waals surface area contributed by atoms with Gasteiger partial charge in [-0.3, -0.25) is 14.9 Å². The molecule has 1 atom stereocenters. The highest BCUT2D eigenvalue weighted by atomic mass is 32.2. The van der Waals surface area contributed by atoms with Crippen molar-refractivity contribution in [3.05, 3.63) is 57.8 Å². The van der Waals surface area contributed by atoms with Crippen LogP contribution in [0.25, 0.3) is 0 Å². The standard InChI is InChI=1S/C17H21N3O6S/c1-4-19(5-2)27(24,25)14-8-6-13(7-9-14)12(3)18-17(21)15-10-11-16(26-15)20(22)23/h6-12H,4-5H2,1-3H3,(H,18,21). The van der Waals surface area contributed by atoms with E-state index in [1.165, 1.54) is 22.5 Å². The highest BCUT2D eigenvalue weighted by Crippen LogP contribution is 2.21. The number of nitrogens with zero attached hydrogens (tertiary/aromatic N) is 2. The molecule has 0 aliphatic carbocycles. The van der Waals surface area contributed by atoms with Gasteiger partial charge in [0, 0.05) is 13.1 Å². The zero-order valence-corrected chi connectivity index (χ0v) is 16.0. The number of nitrogens with one attached hydrogen (secondary N) is 1. The van der Waals surface area contributed by atoms with E-state index in [9.17, 15) is 23.3 Å². The molecule has 1 aromatic heterocycles. The molecule has 1 unspecified atom stereocenters. The summed E-state index contributed by atoms with van der Waals surface area (Å²) in [6.45, 7) is 6.01. The van der Waals surface area contributed by atoms with E-state index >= 15 is 0 Å². The van der Waals surface area contributed by atoms with Crippen molar-refractivity contribution in [1.82, 2.24) is 9.62 Å². The summed E-state index contributed by atoms with van der Waals surface area (Å²) in [5.41, 5.74) is 0.683. The number of sulfonamides is 1. The van der Waals surface area contributed by atoms with Crippen molar-refractivity contribution in [3.63, 3.8) is 0 Å². The van der Waals surface area contributed by atoms with Gasteiger partial charge in [0.15, 0.2) is 5.76 Å². The van der Waals surface area contributed by atoms with Crippen molar-refractivity contribution in [2.24, 2.45) is 0 Å². The van der Waals surface area contributed by atoms with Crippen molar-refractivity contribution in [2.45, 2.75) is 31.7 Å². The third-order valence-electron chi connectivity index (χ3n) is 4.07. The van der Waals surface area contributed by atoms with Crippen LogP contribution in [0.5, 0.6) is 0 Å². The largest absolute Gasteiger partial charge is 0.433 e. The molecule has 0 bridgehead atoms. The Morgan fingerprint density at radius 2 is 1.78 bits per heavy atom. The van der Waals surface area contributed by atoms with Gasteiger partial charge < -0.3 is 9.73 Å². The number of hydrogen-bond donors (Lipinski definition) is 1. The molecule has 0 radical (unpaired) electrons. The molecule has 0 saturated heterocycles. The number of benzene rings is 1. The zero-order valence-electron chi connectivity index (χ0n) is 15.2. The molecule has 0 aliphatic rings. The van der Waals surface area contributed by atoms with Gasteiger partial charge in [0.05, 0.1) is 17.0 Å². The molecule has 0 saturated carbocycles. The van der Waals surface area contributed by atoms with E-state index in [0.29, 0.717) is 18.7 Å². The van der Waals surface area contributed by atoms with E-state index < -0.39 is 32.8 Å². The summed E-state index contributed by atoms with van der Waals surface area (Å²) in [6, 6.07) is 8.09. The molecule has 1 amide bonds. The monoisotopic (exact) mass is 395 g/mol. The third-order valence-corrected chi connectivity index (χ3v) is 6.13. The molecule has 1 N–H and O–H groups in total. The number of hydrogen-bond acceptors (Lipinski definition) is 6. The van der Waals surface area contributed by atoms with E-state index in [2.05, 4.69) is 5.32 Å². The number of furan rings is 1.